The Bertz CT molecular complexity index is 445. The zero-order valence-electron chi connectivity index (χ0n) is 9.16. The van der Waals surface area contributed by atoms with Gasteiger partial charge in [0.2, 0.25) is 6.23 Å². The van der Waals surface area contributed by atoms with Gasteiger partial charge in [0.15, 0.2) is 0 Å². The Morgan fingerprint density at radius 3 is 2.88 bits per heavy atom. The summed E-state index contributed by atoms with van der Waals surface area (Å²) in [5.41, 5.74) is 3.49. The molecule has 2 rings (SSSR count). The summed E-state index contributed by atoms with van der Waals surface area (Å²) in [6.45, 7) is 0. The van der Waals surface area contributed by atoms with Gasteiger partial charge in [-0.3, -0.25) is 0 Å². The number of hydroxylamine groups is 1. The van der Waals surface area contributed by atoms with Gasteiger partial charge in [-0.2, -0.15) is 0 Å². The first-order valence-corrected chi connectivity index (χ1v) is 4.94. The number of hydrogen-bond acceptors (Lipinski definition) is 6. The molecule has 1 aromatic carbocycles. The molecular formula is C11H12N2O4. The fourth-order valence-corrected chi connectivity index (χ4v) is 1.41. The van der Waals surface area contributed by atoms with Crippen LogP contribution < -0.4 is 5.48 Å². The molecule has 1 aliphatic rings. The minimum atomic E-state index is -0.645. The first-order valence-electron chi connectivity index (χ1n) is 4.94. The number of benzene rings is 1. The molecule has 0 spiro atoms. The maximum Gasteiger partial charge on any atom is 0.226 e. The quantitative estimate of drug-likeness (QED) is 0.607. The van der Waals surface area contributed by atoms with Gasteiger partial charge >= 0.3 is 0 Å². The first-order chi connectivity index (χ1) is 8.33. The van der Waals surface area contributed by atoms with Crippen LogP contribution in [0.4, 0.5) is 0 Å². The molecule has 1 heterocycles. The highest BCUT2D eigenvalue weighted by atomic mass is 16.7. The van der Waals surface area contributed by atoms with Crippen molar-refractivity contribution in [1.29, 1.82) is 0 Å². The lowest BCUT2D eigenvalue weighted by Gasteiger charge is -2.21. The fraction of sp³-hybridized carbons (Fsp3) is 0.182. The van der Waals surface area contributed by atoms with Crippen LogP contribution in [0.5, 0.6) is 5.75 Å². The molecule has 0 amide bonds. The van der Waals surface area contributed by atoms with Crippen LogP contribution in [-0.4, -0.2) is 24.2 Å². The van der Waals surface area contributed by atoms with E-state index in [1.807, 2.05) is 0 Å². The summed E-state index contributed by atoms with van der Waals surface area (Å²) >= 11 is 0. The number of ether oxygens (including phenoxy) is 1. The number of nitrogens with zero attached hydrogens (tertiary/aromatic N) is 1. The van der Waals surface area contributed by atoms with Gasteiger partial charge in [-0.05, 0) is 12.1 Å². The molecule has 6 heteroatoms. The smallest absolute Gasteiger partial charge is 0.226 e. The SMILES string of the molecule is CON=C(c1ccccc1O)C1NOC=CO1. The molecule has 1 aliphatic heterocycles. The highest BCUT2D eigenvalue weighted by Gasteiger charge is 2.23. The van der Waals surface area contributed by atoms with Crippen LogP contribution in [0.15, 0.2) is 41.9 Å². The number of phenolic OH excluding ortho intramolecular Hbond substituents is 1. The summed E-state index contributed by atoms with van der Waals surface area (Å²) in [6.07, 6.45) is 2.09. The molecule has 6 nitrogen and oxygen atoms in total. The van der Waals surface area contributed by atoms with Gasteiger partial charge in [0.25, 0.3) is 0 Å². The predicted octanol–water partition coefficient (Wildman–Crippen LogP) is 1.09. The van der Waals surface area contributed by atoms with Gasteiger partial charge in [-0.1, -0.05) is 17.3 Å². The fourth-order valence-electron chi connectivity index (χ4n) is 1.41. The molecule has 90 valence electrons. The largest absolute Gasteiger partial charge is 0.507 e. The second-order valence-electron chi connectivity index (χ2n) is 3.20. The first kappa shape index (κ1) is 11.3. The number of para-hydroxylation sites is 1. The molecule has 2 N–H and O–H groups in total. The van der Waals surface area contributed by atoms with E-state index in [-0.39, 0.29) is 5.75 Å². The van der Waals surface area contributed by atoms with Crippen LogP contribution in [0.25, 0.3) is 0 Å². The molecule has 0 fully saturated rings. The Balaban J connectivity index is 2.32. The molecule has 0 aromatic heterocycles. The lowest BCUT2D eigenvalue weighted by Crippen LogP contribution is -2.39. The van der Waals surface area contributed by atoms with Crippen molar-refractivity contribution in [3.05, 3.63) is 42.4 Å². The monoisotopic (exact) mass is 236 g/mol. The zero-order valence-corrected chi connectivity index (χ0v) is 9.16. The standard InChI is InChI=1S/C11H12N2O4/c1-15-12-10(11-13-17-7-6-16-11)8-4-2-3-5-9(8)14/h2-7,11,13-14H,1H3. The molecular weight excluding hydrogens is 224 g/mol. The summed E-state index contributed by atoms with van der Waals surface area (Å²) in [6, 6.07) is 6.76. The van der Waals surface area contributed by atoms with Gasteiger partial charge in [-0.15, -0.1) is 5.48 Å². The Kier molecular flexibility index (Phi) is 3.46. The summed E-state index contributed by atoms with van der Waals surface area (Å²) in [5.74, 6) is 0.0863. The number of nitrogens with one attached hydrogen (secondary N) is 1. The van der Waals surface area contributed by atoms with Crippen molar-refractivity contribution >= 4 is 5.71 Å². The predicted molar refractivity (Wildman–Crippen MR) is 59.9 cm³/mol. The van der Waals surface area contributed by atoms with Gasteiger partial charge in [-0.25, -0.2) is 0 Å². The Labute approximate surface area is 98.0 Å². The molecule has 1 atom stereocenters. The van der Waals surface area contributed by atoms with Crippen LogP contribution in [-0.2, 0) is 14.4 Å². The summed E-state index contributed by atoms with van der Waals surface area (Å²) in [4.78, 5) is 9.64. The molecule has 17 heavy (non-hydrogen) atoms. The van der Waals surface area contributed by atoms with E-state index in [4.69, 9.17) is 14.4 Å². The second kappa shape index (κ2) is 5.22. The average Bonchev–Trinajstić information content (AvgIpc) is 2.38. The third-order valence-corrected chi connectivity index (χ3v) is 2.13. The van der Waals surface area contributed by atoms with Crippen LogP contribution >= 0.6 is 0 Å². The minimum Gasteiger partial charge on any atom is -0.507 e. The van der Waals surface area contributed by atoms with Crippen molar-refractivity contribution in [1.82, 2.24) is 5.48 Å². The molecule has 0 bridgehead atoms. The Morgan fingerprint density at radius 1 is 1.41 bits per heavy atom. The molecule has 0 aliphatic carbocycles. The normalized spacial score (nSPS) is 19.4. The van der Waals surface area contributed by atoms with Gasteiger partial charge in [0.05, 0.1) is 0 Å². The number of oxime groups is 1. The van der Waals surface area contributed by atoms with Crippen LogP contribution in [0.3, 0.4) is 0 Å². The minimum absolute atomic E-state index is 0.0863. The highest BCUT2D eigenvalue weighted by molar-refractivity contribution is 6.05. The maximum absolute atomic E-state index is 9.76. The van der Waals surface area contributed by atoms with Crippen molar-refractivity contribution in [3.8, 4) is 5.75 Å². The second-order valence-corrected chi connectivity index (χ2v) is 3.20. The van der Waals surface area contributed by atoms with E-state index in [2.05, 4.69) is 10.6 Å². The highest BCUT2D eigenvalue weighted by Crippen LogP contribution is 2.19. The van der Waals surface area contributed by atoms with Crippen LogP contribution in [0.2, 0.25) is 0 Å². The Hall–Kier alpha value is -2.21. The molecule has 0 saturated heterocycles. The molecule has 1 unspecified atom stereocenters. The number of aromatic hydroxyl groups is 1. The number of phenols is 1. The van der Waals surface area contributed by atoms with Gasteiger partial charge in [0.1, 0.15) is 31.1 Å². The topological polar surface area (TPSA) is 72.3 Å². The van der Waals surface area contributed by atoms with Crippen molar-refractivity contribution in [2.24, 2.45) is 5.16 Å². The van der Waals surface area contributed by atoms with Crippen molar-refractivity contribution in [2.75, 3.05) is 7.11 Å². The van der Waals surface area contributed by atoms with Crippen LogP contribution in [0, 0.1) is 0 Å². The number of rotatable bonds is 3. The molecule has 0 radical (unpaired) electrons. The lowest BCUT2D eigenvalue weighted by atomic mass is 10.1. The van der Waals surface area contributed by atoms with Gasteiger partial charge in [0, 0.05) is 5.56 Å². The van der Waals surface area contributed by atoms with Gasteiger partial charge < -0.3 is 19.5 Å². The van der Waals surface area contributed by atoms with E-state index >= 15 is 0 Å². The van der Waals surface area contributed by atoms with Crippen molar-refractivity contribution in [3.63, 3.8) is 0 Å². The number of hydrogen-bond donors (Lipinski definition) is 2. The van der Waals surface area contributed by atoms with E-state index in [9.17, 15) is 5.11 Å². The molecule has 1 aromatic rings. The zero-order chi connectivity index (χ0) is 12.1. The maximum atomic E-state index is 9.76. The van der Waals surface area contributed by atoms with E-state index in [1.54, 1.807) is 24.3 Å². The van der Waals surface area contributed by atoms with Crippen LogP contribution in [0.1, 0.15) is 5.56 Å². The molecule has 0 saturated carbocycles. The van der Waals surface area contributed by atoms with Crippen molar-refractivity contribution < 1.29 is 19.5 Å². The lowest BCUT2D eigenvalue weighted by molar-refractivity contribution is -0.0156. The summed E-state index contributed by atoms with van der Waals surface area (Å²) < 4.78 is 5.26. The summed E-state index contributed by atoms with van der Waals surface area (Å²) in [5, 5.41) is 13.6. The van der Waals surface area contributed by atoms with E-state index < -0.39 is 6.23 Å². The van der Waals surface area contributed by atoms with E-state index in [0.717, 1.165) is 0 Å². The van der Waals surface area contributed by atoms with E-state index in [1.165, 1.54) is 19.6 Å². The Morgan fingerprint density at radius 2 is 2.24 bits per heavy atom. The third-order valence-electron chi connectivity index (χ3n) is 2.13. The van der Waals surface area contributed by atoms with Crippen molar-refractivity contribution in [2.45, 2.75) is 6.23 Å². The average molecular weight is 236 g/mol. The summed E-state index contributed by atoms with van der Waals surface area (Å²) in [7, 11) is 1.42. The third kappa shape index (κ3) is 2.48. The van der Waals surface area contributed by atoms with E-state index in [0.29, 0.717) is 11.3 Å².